The number of benzene rings is 1. The van der Waals surface area contributed by atoms with Crippen molar-refractivity contribution in [2.75, 3.05) is 33.0 Å². The van der Waals surface area contributed by atoms with Crippen LogP contribution >= 0.6 is 0 Å². The Kier molecular flexibility index (Phi) is 11.8. The zero-order chi connectivity index (χ0) is 25.4. The largest absolute Gasteiger partial charge is 0.491 e. The van der Waals surface area contributed by atoms with Crippen LogP contribution in [-0.4, -0.2) is 60.4 Å². The minimum atomic E-state index is -0.00790. The van der Waals surface area contributed by atoms with Gasteiger partial charge in [-0.15, -0.1) is 0 Å². The average Bonchev–Trinajstić information content (AvgIpc) is 2.93. The summed E-state index contributed by atoms with van der Waals surface area (Å²) in [6.45, 7) is 6.23. The third kappa shape index (κ3) is 9.00. The van der Waals surface area contributed by atoms with E-state index in [4.69, 9.17) is 24.3 Å². The van der Waals surface area contributed by atoms with Gasteiger partial charge < -0.3 is 19.3 Å². The highest BCUT2D eigenvalue weighted by Crippen LogP contribution is 2.27. The summed E-state index contributed by atoms with van der Waals surface area (Å²) < 4.78 is 17.0. The van der Waals surface area contributed by atoms with Crippen LogP contribution in [0.3, 0.4) is 0 Å². The number of ether oxygens (including phenoxy) is 3. The fraction of sp³-hybridized carbons (Fsp3) is 0.345. The van der Waals surface area contributed by atoms with E-state index in [-0.39, 0.29) is 12.7 Å². The zero-order valence-corrected chi connectivity index (χ0v) is 21.0. The van der Waals surface area contributed by atoms with Crippen molar-refractivity contribution in [2.45, 2.75) is 32.9 Å². The lowest BCUT2D eigenvalue weighted by Crippen LogP contribution is -2.22. The van der Waals surface area contributed by atoms with E-state index in [1.807, 2.05) is 74.5 Å². The molecule has 0 spiro atoms. The van der Waals surface area contributed by atoms with E-state index in [0.717, 1.165) is 40.4 Å². The Morgan fingerprint density at radius 2 is 1.86 bits per heavy atom. The van der Waals surface area contributed by atoms with Crippen LogP contribution in [0.4, 0.5) is 0 Å². The van der Waals surface area contributed by atoms with Crippen molar-refractivity contribution in [3.63, 3.8) is 0 Å². The van der Waals surface area contributed by atoms with E-state index in [1.54, 1.807) is 12.4 Å². The predicted octanol–water partition coefficient (Wildman–Crippen LogP) is 5.14. The minimum absolute atomic E-state index is 0.00790. The van der Waals surface area contributed by atoms with Crippen LogP contribution in [-0.2, 0) is 16.0 Å². The van der Waals surface area contributed by atoms with E-state index in [2.05, 4.69) is 16.0 Å². The molecule has 0 fully saturated rings. The summed E-state index contributed by atoms with van der Waals surface area (Å²) in [5, 5.41) is 8.87. The summed E-state index contributed by atoms with van der Waals surface area (Å²) >= 11 is 0. The van der Waals surface area contributed by atoms with Gasteiger partial charge in [0.1, 0.15) is 12.4 Å². The van der Waals surface area contributed by atoms with Gasteiger partial charge in [0.15, 0.2) is 0 Å². The minimum Gasteiger partial charge on any atom is -0.491 e. The van der Waals surface area contributed by atoms with Crippen LogP contribution in [0, 0.1) is 0 Å². The third-order valence-corrected chi connectivity index (χ3v) is 5.33. The molecule has 0 radical (unpaired) electrons. The highest BCUT2D eigenvalue weighted by atomic mass is 16.6. The standard InChI is InChI=1S/C29H35N3O4/c1-3-5-13-30-21-25-19-24(20-29(32-25)28-8-6-7-14-31-28)23-9-11-27(12-10-23)36-18-17-34-22-26(4-2)35-16-15-33/h3,5-14,19-20,26,33H,4,15-18,21-22H2,1-2H3/b5-3-,30-13?. The van der Waals surface area contributed by atoms with Gasteiger partial charge in [-0.3, -0.25) is 9.98 Å². The highest BCUT2D eigenvalue weighted by Gasteiger charge is 2.09. The fourth-order valence-corrected chi connectivity index (χ4v) is 3.45. The Morgan fingerprint density at radius 3 is 2.58 bits per heavy atom. The molecule has 1 N–H and O–H groups in total. The molecule has 0 aliphatic rings. The molecule has 2 aromatic heterocycles. The van der Waals surface area contributed by atoms with Crippen LogP contribution in [0.1, 0.15) is 26.0 Å². The lowest BCUT2D eigenvalue weighted by Gasteiger charge is -2.15. The monoisotopic (exact) mass is 489 g/mol. The van der Waals surface area contributed by atoms with Crippen LogP contribution in [0.25, 0.3) is 22.5 Å². The number of allylic oxidation sites excluding steroid dienone is 2. The van der Waals surface area contributed by atoms with Gasteiger partial charge in [-0.2, -0.15) is 0 Å². The number of aromatic nitrogens is 2. The van der Waals surface area contributed by atoms with Crippen LogP contribution in [0.15, 0.2) is 77.9 Å². The summed E-state index contributed by atoms with van der Waals surface area (Å²) in [5.74, 6) is 0.779. The Hall–Kier alpha value is -3.39. The number of aliphatic hydroxyl groups excluding tert-OH is 1. The maximum atomic E-state index is 8.87. The number of aliphatic imine (C=N–C) groups is 1. The van der Waals surface area contributed by atoms with Crippen molar-refractivity contribution < 1.29 is 19.3 Å². The Morgan fingerprint density at radius 1 is 1.00 bits per heavy atom. The van der Waals surface area contributed by atoms with Crippen LogP contribution in [0.5, 0.6) is 5.75 Å². The van der Waals surface area contributed by atoms with Crippen molar-refractivity contribution in [3.05, 3.63) is 78.6 Å². The van der Waals surface area contributed by atoms with Gasteiger partial charge >= 0.3 is 0 Å². The molecule has 0 bridgehead atoms. The number of hydrogen-bond acceptors (Lipinski definition) is 7. The van der Waals surface area contributed by atoms with Gasteiger partial charge in [0.25, 0.3) is 0 Å². The highest BCUT2D eigenvalue weighted by molar-refractivity contribution is 5.72. The molecule has 7 heteroatoms. The lowest BCUT2D eigenvalue weighted by atomic mass is 10.0. The molecule has 0 saturated carbocycles. The second-order valence-corrected chi connectivity index (χ2v) is 8.04. The van der Waals surface area contributed by atoms with Gasteiger partial charge in [-0.05, 0) is 66.9 Å². The molecule has 36 heavy (non-hydrogen) atoms. The molecule has 190 valence electrons. The number of rotatable bonds is 15. The van der Waals surface area contributed by atoms with Crippen LogP contribution in [0.2, 0.25) is 0 Å². The van der Waals surface area contributed by atoms with E-state index in [0.29, 0.717) is 33.0 Å². The summed E-state index contributed by atoms with van der Waals surface area (Å²) in [6, 6.07) is 17.9. The molecule has 0 amide bonds. The lowest BCUT2D eigenvalue weighted by molar-refractivity contribution is -0.0333. The van der Waals surface area contributed by atoms with Gasteiger partial charge in [-0.25, -0.2) is 4.98 Å². The second kappa shape index (κ2) is 15.6. The normalized spacial score (nSPS) is 12.4. The first kappa shape index (κ1) is 27.2. The SMILES string of the molecule is C/C=C\C=NCc1cc(-c2ccc(OCCOCC(CC)OCCO)cc2)cc(-c2ccccn2)n1. The van der Waals surface area contributed by atoms with E-state index < -0.39 is 0 Å². The van der Waals surface area contributed by atoms with Gasteiger partial charge in [0.2, 0.25) is 0 Å². The maximum absolute atomic E-state index is 8.87. The van der Waals surface area contributed by atoms with Gasteiger partial charge in [0, 0.05) is 12.4 Å². The maximum Gasteiger partial charge on any atom is 0.119 e. The molecular formula is C29H35N3O4. The van der Waals surface area contributed by atoms with Gasteiger partial charge in [0.05, 0.1) is 56.2 Å². The van der Waals surface area contributed by atoms with Crippen molar-refractivity contribution in [3.8, 4) is 28.3 Å². The fourth-order valence-electron chi connectivity index (χ4n) is 3.45. The van der Waals surface area contributed by atoms with Crippen molar-refractivity contribution in [1.82, 2.24) is 9.97 Å². The third-order valence-electron chi connectivity index (χ3n) is 5.33. The number of pyridine rings is 2. The summed E-state index contributed by atoms with van der Waals surface area (Å²) in [5.41, 5.74) is 4.62. The van der Waals surface area contributed by atoms with E-state index in [1.165, 1.54) is 0 Å². The number of aliphatic hydroxyl groups is 1. The molecule has 0 aliphatic carbocycles. The van der Waals surface area contributed by atoms with Gasteiger partial charge in [-0.1, -0.05) is 31.2 Å². The Labute approximate surface area is 213 Å². The molecular weight excluding hydrogens is 454 g/mol. The molecule has 1 aromatic carbocycles. The molecule has 0 saturated heterocycles. The molecule has 0 aliphatic heterocycles. The van der Waals surface area contributed by atoms with Crippen molar-refractivity contribution in [1.29, 1.82) is 0 Å². The molecule has 1 atom stereocenters. The second-order valence-electron chi connectivity index (χ2n) is 8.04. The summed E-state index contributed by atoms with van der Waals surface area (Å²) in [6.07, 6.45) is 8.23. The Bertz CT molecular complexity index is 1090. The predicted molar refractivity (Wildman–Crippen MR) is 143 cm³/mol. The van der Waals surface area contributed by atoms with Crippen molar-refractivity contribution >= 4 is 6.21 Å². The average molecular weight is 490 g/mol. The smallest absolute Gasteiger partial charge is 0.119 e. The van der Waals surface area contributed by atoms with Crippen LogP contribution < -0.4 is 4.74 Å². The van der Waals surface area contributed by atoms with E-state index in [9.17, 15) is 0 Å². The number of hydrogen-bond donors (Lipinski definition) is 1. The molecule has 3 aromatic rings. The molecule has 1 unspecified atom stereocenters. The Balaban J connectivity index is 1.63. The quantitative estimate of drug-likeness (QED) is 0.235. The topological polar surface area (TPSA) is 86.1 Å². The summed E-state index contributed by atoms with van der Waals surface area (Å²) in [7, 11) is 0. The molecule has 7 nitrogen and oxygen atoms in total. The first-order valence-corrected chi connectivity index (χ1v) is 12.3. The molecule has 3 rings (SSSR count). The first-order chi connectivity index (χ1) is 17.7. The summed E-state index contributed by atoms with van der Waals surface area (Å²) in [4.78, 5) is 13.7. The zero-order valence-electron chi connectivity index (χ0n) is 21.0. The number of nitrogens with zero attached hydrogens (tertiary/aromatic N) is 3. The first-order valence-electron chi connectivity index (χ1n) is 12.3. The van der Waals surface area contributed by atoms with E-state index >= 15 is 0 Å². The van der Waals surface area contributed by atoms with Crippen molar-refractivity contribution in [2.24, 2.45) is 4.99 Å². The molecule has 2 heterocycles.